The number of amides is 1. The number of nitrogens with zero attached hydrogens (tertiary/aromatic N) is 1. The average Bonchev–Trinajstić information content (AvgIpc) is 2.61. The summed E-state index contributed by atoms with van der Waals surface area (Å²) < 4.78 is 0. The normalized spacial score (nSPS) is 28.4. The first-order valence-corrected chi connectivity index (χ1v) is 6.23. The molecule has 1 saturated carbocycles. The lowest BCUT2D eigenvalue weighted by Crippen LogP contribution is -2.45. The molecule has 0 aromatic heterocycles. The maximum Gasteiger partial charge on any atom is 0.308 e. The van der Waals surface area contributed by atoms with Gasteiger partial charge in [-0.2, -0.15) is 0 Å². The summed E-state index contributed by atoms with van der Waals surface area (Å²) >= 11 is 0. The predicted molar refractivity (Wildman–Crippen MR) is 60.4 cm³/mol. The summed E-state index contributed by atoms with van der Waals surface area (Å²) in [5.74, 6) is -1.66. The zero-order chi connectivity index (χ0) is 12.5. The number of aliphatic carboxylic acids is 1. The van der Waals surface area contributed by atoms with E-state index in [0.29, 0.717) is 19.4 Å². The highest BCUT2D eigenvalue weighted by atomic mass is 16.4. The summed E-state index contributed by atoms with van der Waals surface area (Å²) in [5, 5.41) is 19.2. The molecular weight excluding hydrogens is 222 g/mol. The first-order chi connectivity index (χ1) is 8.00. The van der Waals surface area contributed by atoms with Crippen molar-refractivity contribution >= 4 is 11.9 Å². The Balaban J connectivity index is 1.95. The van der Waals surface area contributed by atoms with Gasteiger partial charge in [0.1, 0.15) is 0 Å². The second kappa shape index (κ2) is 4.64. The number of rotatable bonds is 3. The van der Waals surface area contributed by atoms with E-state index in [0.717, 1.165) is 19.3 Å². The van der Waals surface area contributed by atoms with E-state index in [-0.39, 0.29) is 18.9 Å². The fraction of sp³-hybridized carbons (Fsp3) is 0.833. The first kappa shape index (κ1) is 12.4. The monoisotopic (exact) mass is 241 g/mol. The molecule has 5 nitrogen and oxygen atoms in total. The van der Waals surface area contributed by atoms with Gasteiger partial charge in [0, 0.05) is 19.5 Å². The van der Waals surface area contributed by atoms with Crippen molar-refractivity contribution in [2.75, 3.05) is 13.1 Å². The molecule has 0 radical (unpaired) electrons. The molecule has 17 heavy (non-hydrogen) atoms. The highest BCUT2D eigenvalue weighted by Crippen LogP contribution is 2.30. The molecule has 2 rings (SSSR count). The average molecular weight is 241 g/mol. The van der Waals surface area contributed by atoms with Crippen LogP contribution in [0.25, 0.3) is 0 Å². The second-order valence-electron chi connectivity index (χ2n) is 5.30. The fourth-order valence-corrected chi connectivity index (χ4v) is 2.81. The zero-order valence-electron chi connectivity index (χ0n) is 9.89. The highest BCUT2D eigenvalue weighted by molar-refractivity contribution is 5.86. The van der Waals surface area contributed by atoms with Crippen LogP contribution in [0.2, 0.25) is 0 Å². The van der Waals surface area contributed by atoms with Crippen LogP contribution < -0.4 is 0 Å². The number of carboxylic acid groups (broad SMARTS) is 1. The third-order valence-corrected chi connectivity index (χ3v) is 3.83. The summed E-state index contributed by atoms with van der Waals surface area (Å²) in [5.41, 5.74) is -0.790. The minimum Gasteiger partial charge on any atom is -0.481 e. The molecule has 1 aliphatic carbocycles. The molecule has 1 heterocycles. The summed E-state index contributed by atoms with van der Waals surface area (Å²) in [6, 6.07) is 0. The number of likely N-dealkylation sites (tertiary alicyclic amines) is 1. The predicted octanol–water partition coefficient (Wildman–Crippen LogP) is 0.615. The lowest BCUT2D eigenvalue weighted by atomic mass is 9.84. The van der Waals surface area contributed by atoms with E-state index in [4.69, 9.17) is 5.11 Å². The Kier molecular flexibility index (Phi) is 3.38. The van der Waals surface area contributed by atoms with Crippen LogP contribution in [0.3, 0.4) is 0 Å². The fourth-order valence-electron chi connectivity index (χ4n) is 2.81. The lowest BCUT2D eigenvalue weighted by molar-refractivity contribution is -0.141. The SMILES string of the molecule is O=C(O)[C@H]1CC(=O)N(CC2(O)CCCCC2)C1. The highest BCUT2D eigenvalue weighted by Gasteiger charge is 2.39. The van der Waals surface area contributed by atoms with Crippen molar-refractivity contribution in [3.63, 3.8) is 0 Å². The largest absolute Gasteiger partial charge is 0.481 e. The van der Waals surface area contributed by atoms with Gasteiger partial charge >= 0.3 is 5.97 Å². The molecule has 1 atom stereocenters. The topological polar surface area (TPSA) is 77.8 Å². The Morgan fingerprint density at radius 2 is 2.00 bits per heavy atom. The third kappa shape index (κ3) is 2.77. The summed E-state index contributed by atoms with van der Waals surface area (Å²) in [4.78, 5) is 24.0. The van der Waals surface area contributed by atoms with Gasteiger partial charge in [0.2, 0.25) is 5.91 Å². The maximum atomic E-state index is 11.7. The van der Waals surface area contributed by atoms with Crippen molar-refractivity contribution in [3.8, 4) is 0 Å². The van der Waals surface area contributed by atoms with Crippen LogP contribution in [0.5, 0.6) is 0 Å². The smallest absolute Gasteiger partial charge is 0.308 e. The van der Waals surface area contributed by atoms with E-state index < -0.39 is 17.5 Å². The van der Waals surface area contributed by atoms with Crippen LogP contribution in [-0.2, 0) is 9.59 Å². The van der Waals surface area contributed by atoms with Crippen LogP contribution in [0, 0.1) is 5.92 Å². The number of carbonyl (C=O) groups is 2. The minimum atomic E-state index is -0.920. The van der Waals surface area contributed by atoms with E-state index in [2.05, 4.69) is 0 Å². The van der Waals surface area contributed by atoms with Gasteiger partial charge < -0.3 is 15.1 Å². The van der Waals surface area contributed by atoms with E-state index in [9.17, 15) is 14.7 Å². The molecule has 0 bridgehead atoms. The quantitative estimate of drug-likeness (QED) is 0.759. The first-order valence-electron chi connectivity index (χ1n) is 6.23. The molecular formula is C12H19NO4. The molecule has 1 aliphatic heterocycles. The van der Waals surface area contributed by atoms with E-state index in [1.165, 1.54) is 4.90 Å². The van der Waals surface area contributed by atoms with Crippen molar-refractivity contribution in [2.45, 2.75) is 44.1 Å². The molecule has 0 unspecified atom stereocenters. The van der Waals surface area contributed by atoms with Crippen LogP contribution in [-0.4, -0.2) is 45.7 Å². The number of aliphatic hydroxyl groups is 1. The van der Waals surface area contributed by atoms with Crippen molar-refractivity contribution in [1.29, 1.82) is 0 Å². The van der Waals surface area contributed by atoms with Crippen LogP contribution in [0.1, 0.15) is 38.5 Å². The lowest BCUT2D eigenvalue weighted by Gasteiger charge is -2.35. The second-order valence-corrected chi connectivity index (χ2v) is 5.30. The molecule has 0 spiro atoms. The van der Waals surface area contributed by atoms with Crippen molar-refractivity contribution in [3.05, 3.63) is 0 Å². The number of carbonyl (C=O) groups excluding carboxylic acids is 1. The number of hydrogen-bond acceptors (Lipinski definition) is 3. The van der Waals surface area contributed by atoms with Crippen molar-refractivity contribution in [1.82, 2.24) is 4.90 Å². The zero-order valence-corrected chi connectivity index (χ0v) is 9.89. The van der Waals surface area contributed by atoms with E-state index in [1.54, 1.807) is 0 Å². The van der Waals surface area contributed by atoms with Gasteiger partial charge in [-0.05, 0) is 12.8 Å². The number of carboxylic acids is 1. The van der Waals surface area contributed by atoms with Gasteiger partial charge in [0.05, 0.1) is 11.5 Å². The molecule has 1 amide bonds. The Bertz CT molecular complexity index is 322. The van der Waals surface area contributed by atoms with Crippen LogP contribution in [0.4, 0.5) is 0 Å². The molecule has 0 aromatic rings. The van der Waals surface area contributed by atoms with Crippen molar-refractivity contribution in [2.24, 2.45) is 5.92 Å². The maximum absolute atomic E-state index is 11.7. The molecule has 96 valence electrons. The van der Waals surface area contributed by atoms with Gasteiger partial charge in [-0.3, -0.25) is 9.59 Å². The Morgan fingerprint density at radius 3 is 2.53 bits per heavy atom. The van der Waals surface area contributed by atoms with Crippen LogP contribution >= 0.6 is 0 Å². The number of β-amino-alcohol motifs (C(OH)–C–C–N with tert-alkyl or cyclic N) is 1. The van der Waals surface area contributed by atoms with Gasteiger partial charge in [-0.1, -0.05) is 19.3 Å². The molecule has 5 heteroatoms. The summed E-state index contributed by atoms with van der Waals surface area (Å²) in [6.45, 7) is 0.548. The summed E-state index contributed by atoms with van der Waals surface area (Å²) in [6.07, 6.45) is 4.62. The van der Waals surface area contributed by atoms with Gasteiger partial charge in [-0.15, -0.1) is 0 Å². The molecule has 1 saturated heterocycles. The van der Waals surface area contributed by atoms with Crippen molar-refractivity contribution < 1.29 is 19.8 Å². The van der Waals surface area contributed by atoms with Gasteiger partial charge in [-0.25, -0.2) is 0 Å². The van der Waals surface area contributed by atoms with Crippen LogP contribution in [0.15, 0.2) is 0 Å². The Morgan fingerprint density at radius 1 is 1.35 bits per heavy atom. The van der Waals surface area contributed by atoms with E-state index in [1.807, 2.05) is 0 Å². The third-order valence-electron chi connectivity index (χ3n) is 3.83. The molecule has 2 fully saturated rings. The molecule has 2 N–H and O–H groups in total. The van der Waals surface area contributed by atoms with Gasteiger partial charge in [0.15, 0.2) is 0 Å². The standard InChI is InChI=1S/C12H19NO4/c14-10-6-9(11(15)16)7-13(10)8-12(17)4-2-1-3-5-12/h9,17H,1-8H2,(H,15,16)/t9-/m0/s1. The van der Waals surface area contributed by atoms with Gasteiger partial charge in [0.25, 0.3) is 0 Å². The minimum absolute atomic E-state index is 0.0748. The van der Waals surface area contributed by atoms with E-state index >= 15 is 0 Å². The molecule has 0 aromatic carbocycles. The Hall–Kier alpha value is -1.10. The Labute approximate surface area is 100 Å². The molecule has 2 aliphatic rings. The number of hydrogen-bond donors (Lipinski definition) is 2. The summed E-state index contributed by atoms with van der Waals surface area (Å²) in [7, 11) is 0.